The second kappa shape index (κ2) is 3.51. The zero-order valence-electron chi connectivity index (χ0n) is 8.04. The van der Waals surface area contributed by atoms with Crippen molar-refractivity contribution in [3.8, 4) is 6.07 Å². The van der Waals surface area contributed by atoms with E-state index < -0.39 is 0 Å². The average Bonchev–Trinajstić information content (AvgIpc) is 2.56. The number of H-pyrrole nitrogens is 1. The highest BCUT2D eigenvalue weighted by Gasteiger charge is 2.01. The van der Waals surface area contributed by atoms with Crippen LogP contribution in [0.3, 0.4) is 0 Å². The fourth-order valence-electron chi connectivity index (χ4n) is 1.47. The van der Waals surface area contributed by atoms with Crippen molar-refractivity contribution in [3.05, 3.63) is 29.6 Å². The molecule has 0 fully saturated rings. The van der Waals surface area contributed by atoms with Crippen LogP contribution in [-0.4, -0.2) is 9.97 Å². The first-order valence-corrected chi connectivity index (χ1v) is 4.62. The number of hydrogen-bond acceptors (Lipinski definition) is 2. The maximum absolute atomic E-state index is 8.45. The van der Waals surface area contributed by atoms with Gasteiger partial charge in [-0.3, -0.25) is 0 Å². The van der Waals surface area contributed by atoms with Crippen molar-refractivity contribution >= 4 is 11.0 Å². The van der Waals surface area contributed by atoms with Crippen molar-refractivity contribution in [1.29, 1.82) is 5.26 Å². The van der Waals surface area contributed by atoms with Gasteiger partial charge in [-0.05, 0) is 24.6 Å². The van der Waals surface area contributed by atoms with Crippen LogP contribution in [0.1, 0.15) is 17.8 Å². The number of nitrogens with zero attached hydrogens (tertiary/aromatic N) is 2. The highest BCUT2D eigenvalue weighted by Crippen LogP contribution is 2.13. The molecule has 0 aliphatic heterocycles. The van der Waals surface area contributed by atoms with Crippen LogP contribution >= 0.6 is 0 Å². The van der Waals surface area contributed by atoms with E-state index in [1.54, 1.807) is 0 Å². The highest BCUT2D eigenvalue weighted by atomic mass is 14.9. The number of rotatable bonds is 2. The second-order valence-corrected chi connectivity index (χ2v) is 3.36. The molecular formula is C11H11N3. The third-order valence-corrected chi connectivity index (χ3v) is 2.16. The van der Waals surface area contributed by atoms with Crippen LogP contribution in [0, 0.1) is 18.3 Å². The zero-order valence-corrected chi connectivity index (χ0v) is 8.04. The summed E-state index contributed by atoms with van der Waals surface area (Å²) in [6, 6.07) is 8.22. The minimum absolute atomic E-state index is 0.513. The van der Waals surface area contributed by atoms with Gasteiger partial charge in [0, 0.05) is 12.8 Å². The van der Waals surface area contributed by atoms with E-state index in [1.807, 2.05) is 12.1 Å². The lowest BCUT2D eigenvalue weighted by Crippen LogP contribution is -1.85. The lowest BCUT2D eigenvalue weighted by Gasteiger charge is -1.89. The van der Waals surface area contributed by atoms with Gasteiger partial charge >= 0.3 is 0 Å². The summed E-state index contributed by atoms with van der Waals surface area (Å²) in [5, 5.41) is 8.45. The largest absolute Gasteiger partial charge is 0.342 e. The molecule has 0 atom stereocenters. The number of hydrogen-bond donors (Lipinski definition) is 1. The molecule has 0 unspecified atom stereocenters. The SMILES string of the molecule is Cc1ccc2nc(CCC#N)[nH]c2c1. The van der Waals surface area contributed by atoms with Crippen molar-refractivity contribution in [2.24, 2.45) is 0 Å². The van der Waals surface area contributed by atoms with Crippen LogP contribution in [0.5, 0.6) is 0 Å². The van der Waals surface area contributed by atoms with Crippen LogP contribution < -0.4 is 0 Å². The molecule has 0 aliphatic carbocycles. The maximum atomic E-state index is 8.45. The Bertz CT molecular complexity index is 491. The highest BCUT2D eigenvalue weighted by molar-refractivity contribution is 5.75. The summed E-state index contributed by atoms with van der Waals surface area (Å²) in [6.07, 6.45) is 1.21. The molecule has 14 heavy (non-hydrogen) atoms. The van der Waals surface area contributed by atoms with Crippen molar-refractivity contribution < 1.29 is 0 Å². The Hall–Kier alpha value is -1.82. The first kappa shape index (κ1) is 8.76. The zero-order chi connectivity index (χ0) is 9.97. The Morgan fingerprint density at radius 3 is 3.14 bits per heavy atom. The van der Waals surface area contributed by atoms with Crippen LogP contribution in [0.25, 0.3) is 11.0 Å². The standard InChI is InChI=1S/C11H11N3/c1-8-4-5-9-10(7-8)14-11(13-9)3-2-6-12/h4-5,7H,2-3H2,1H3,(H,13,14). The number of nitriles is 1. The topological polar surface area (TPSA) is 52.5 Å². The molecule has 0 amide bonds. The Kier molecular flexibility index (Phi) is 2.19. The summed E-state index contributed by atoms with van der Waals surface area (Å²) >= 11 is 0. The van der Waals surface area contributed by atoms with Gasteiger partial charge in [-0.25, -0.2) is 4.98 Å². The Morgan fingerprint density at radius 2 is 2.36 bits per heavy atom. The van der Waals surface area contributed by atoms with E-state index in [0.717, 1.165) is 16.9 Å². The smallest absolute Gasteiger partial charge is 0.108 e. The molecule has 1 heterocycles. The van der Waals surface area contributed by atoms with E-state index in [-0.39, 0.29) is 0 Å². The predicted molar refractivity (Wildman–Crippen MR) is 54.8 cm³/mol. The normalized spacial score (nSPS) is 10.3. The third-order valence-electron chi connectivity index (χ3n) is 2.16. The van der Waals surface area contributed by atoms with Gasteiger partial charge in [0.1, 0.15) is 5.82 Å². The van der Waals surface area contributed by atoms with E-state index >= 15 is 0 Å². The lowest BCUT2D eigenvalue weighted by molar-refractivity contribution is 0.924. The maximum Gasteiger partial charge on any atom is 0.108 e. The molecule has 0 saturated heterocycles. The summed E-state index contributed by atoms with van der Waals surface area (Å²) in [4.78, 5) is 7.59. The average molecular weight is 185 g/mol. The third kappa shape index (κ3) is 1.60. The van der Waals surface area contributed by atoms with Crippen LogP contribution in [-0.2, 0) is 6.42 Å². The molecule has 0 aliphatic rings. The predicted octanol–water partition coefficient (Wildman–Crippen LogP) is 2.33. The van der Waals surface area contributed by atoms with E-state index in [2.05, 4.69) is 29.0 Å². The molecule has 0 bridgehead atoms. The minimum Gasteiger partial charge on any atom is -0.342 e. The van der Waals surface area contributed by atoms with Gasteiger partial charge in [-0.2, -0.15) is 5.26 Å². The first-order valence-electron chi connectivity index (χ1n) is 4.62. The van der Waals surface area contributed by atoms with Crippen molar-refractivity contribution in [2.45, 2.75) is 19.8 Å². The quantitative estimate of drug-likeness (QED) is 0.780. The molecule has 1 aromatic heterocycles. The molecular weight excluding hydrogens is 174 g/mol. The van der Waals surface area contributed by atoms with Crippen molar-refractivity contribution in [3.63, 3.8) is 0 Å². The minimum atomic E-state index is 0.513. The number of imidazole rings is 1. The fraction of sp³-hybridized carbons (Fsp3) is 0.273. The summed E-state index contributed by atoms with van der Waals surface area (Å²) in [6.45, 7) is 2.05. The summed E-state index contributed by atoms with van der Waals surface area (Å²) in [5.74, 6) is 0.896. The van der Waals surface area contributed by atoms with Crippen LogP contribution in [0.2, 0.25) is 0 Å². The molecule has 2 rings (SSSR count). The summed E-state index contributed by atoms with van der Waals surface area (Å²) < 4.78 is 0. The monoisotopic (exact) mass is 185 g/mol. The fourth-order valence-corrected chi connectivity index (χ4v) is 1.47. The van der Waals surface area contributed by atoms with E-state index in [1.165, 1.54) is 5.56 Å². The number of nitrogens with one attached hydrogen (secondary N) is 1. The number of fused-ring (bicyclic) bond motifs is 1. The van der Waals surface area contributed by atoms with Gasteiger partial charge < -0.3 is 4.98 Å². The van der Waals surface area contributed by atoms with Crippen LogP contribution in [0.4, 0.5) is 0 Å². The van der Waals surface area contributed by atoms with Crippen molar-refractivity contribution in [1.82, 2.24) is 9.97 Å². The van der Waals surface area contributed by atoms with E-state index in [4.69, 9.17) is 5.26 Å². The number of benzene rings is 1. The molecule has 0 saturated carbocycles. The molecule has 0 spiro atoms. The van der Waals surface area contributed by atoms with Crippen LogP contribution in [0.15, 0.2) is 18.2 Å². The molecule has 1 aromatic carbocycles. The van der Waals surface area contributed by atoms with E-state index in [9.17, 15) is 0 Å². The van der Waals surface area contributed by atoms with Gasteiger partial charge in [-0.1, -0.05) is 6.07 Å². The molecule has 2 aromatic rings. The van der Waals surface area contributed by atoms with Gasteiger partial charge in [-0.15, -0.1) is 0 Å². The Balaban J connectivity index is 2.37. The van der Waals surface area contributed by atoms with Gasteiger partial charge in [0.2, 0.25) is 0 Å². The summed E-state index contributed by atoms with van der Waals surface area (Å²) in [5.41, 5.74) is 3.24. The lowest BCUT2D eigenvalue weighted by atomic mass is 10.2. The summed E-state index contributed by atoms with van der Waals surface area (Å²) in [7, 11) is 0. The molecule has 0 radical (unpaired) electrons. The van der Waals surface area contributed by atoms with Gasteiger partial charge in [0.25, 0.3) is 0 Å². The van der Waals surface area contributed by atoms with Gasteiger partial charge in [0.05, 0.1) is 17.1 Å². The van der Waals surface area contributed by atoms with E-state index in [0.29, 0.717) is 12.8 Å². The first-order chi connectivity index (χ1) is 6.79. The second-order valence-electron chi connectivity index (χ2n) is 3.36. The molecule has 3 heteroatoms. The number of aryl methyl sites for hydroxylation is 2. The molecule has 1 N–H and O–H groups in total. The Labute approximate surface area is 82.4 Å². The molecule has 70 valence electrons. The van der Waals surface area contributed by atoms with Crippen molar-refractivity contribution in [2.75, 3.05) is 0 Å². The molecule has 3 nitrogen and oxygen atoms in total. The van der Waals surface area contributed by atoms with Gasteiger partial charge in [0.15, 0.2) is 0 Å². The Morgan fingerprint density at radius 1 is 1.50 bits per heavy atom. The number of aromatic amines is 1. The number of aromatic nitrogens is 2.